The molecule has 0 saturated heterocycles. The fourth-order valence-corrected chi connectivity index (χ4v) is 1.07. The summed E-state index contributed by atoms with van der Waals surface area (Å²) in [6, 6.07) is 1.47. The average molecular weight is 198 g/mol. The van der Waals surface area contributed by atoms with Gasteiger partial charge in [0.1, 0.15) is 5.82 Å². The average Bonchev–Trinajstić information content (AvgIpc) is 2.18. The molecule has 0 aliphatic heterocycles. The molecule has 14 heavy (non-hydrogen) atoms. The first-order chi connectivity index (χ1) is 6.83. The zero-order valence-electron chi connectivity index (χ0n) is 8.29. The van der Waals surface area contributed by atoms with Gasteiger partial charge in [-0.25, -0.2) is 4.39 Å². The Labute approximate surface area is 83.3 Å². The molecule has 0 unspecified atom stereocenters. The Morgan fingerprint density at radius 1 is 1.50 bits per heavy atom. The summed E-state index contributed by atoms with van der Waals surface area (Å²) in [7, 11) is 0. The van der Waals surface area contributed by atoms with Crippen molar-refractivity contribution in [3.63, 3.8) is 0 Å². The Hall–Kier alpha value is -1.00. The van der Waals surface area contributed by atoms with E-state index in [0.717, 1.165) is 18.7 Å². The second-order valence-electron chi connectivity index (χ2n) is 2.89. The Bertz CT molecular complexity index is 268. The van der Waals surface area contributed by atoms with Gasteiger partial charge in [0.2, 0.25) is 0 Å². The summed E-state index contributed by atoms with van der Waals surface area (Å²) < 4.78 is 17.8. The lowest BCUT2D eigenvalue weighted by Crippen LogP contribution is -2.19. The van der Waals surface area contributed by atoms with E-state index in [9.17, 15) is 4.39 Å². The highest BCUT2D eigenvalue weighted by Gasteiger charge is 1.95. The molecule has 4 heteroatoms. The zero-order chi connectivity index (χ0) is 10.2. The number of halogens is 1. The number of ether oxygens (including phenoxy) is 1. The normalized spacial score (nSPS) is 10.4. The van der Waals surface area contributed by atoms with Crippen molar-refractivity contribution in [1.29, 1.82) is 0 Å². The van der Waals surface area contributed by atoms with Crippen LogP contribution >= 0.6 is 0 Å². The third-order valence-corrected chi connectivity index (χ3v) is 1.72. The van der Waals surface area contributed by atoms with E-state index in [-0.39, 0.29) is 5.82 Å². The lowest BCUT2D eigenvalue weighted by atomic mass is 10.3. The molecule has 1 heterocycles. The van der Waals surface area contributed by atoms with Gasteiger partial charge in [-0.1, -0.05) is 0 Å². The first kappa shape index (κ1) is 11.1. The smallest absolute Gasteiger partial charge is 0.141 e. The second-order valence-corrected chi connectivity index (χ2v) is 2.89. The van der Waals surface area contributed by atoms with Crippen LogP contribution in [0.2, 0.25) is 0 Å². The predicted octanol–water partition coefficient (Wildman–Crippen LogP) is 1.35. The van der Waals surface area contributed by atoms with Gasteiger partial charge in [-0.15, -0.1) is 0 Å². The van der Waals surface area contributed by atoms with Crippen LogP contribution in [0.3, 0.4) is 0 Å². The zero-order valence-corrected chi connectivity index (χ0v) is 8.29. The number of aromatic nitrogens is 1. The van der Waals surface area contributed by atoms with E-state index < -0.39 is 0 Å². The number of pyridine rings is 1. The van der Waals surface area contributed by atoms with Gasteiger partial charge < -0.3 is 10.1 Å². The largest absolute Gasteiger partial charge is 0.380 e. The maximum atomic E-state index is 12.7. The molecule has 78 valence electrons. The molecule has 0 atom stereocenters. The van der Waals surface area contributed by atoms with Gasteiger partial charge in [0.15, 0.2) is 0 Å². The number of nitrogens with zero attached hydrogens (tertiary/aromatic N) is 1. The van der Waals surface area contributed by atoms with Gasteiger partial charge in [0.25, 0.3) is 0 Å². The highest BCUT2D eigenvalue weighted by atomic mass is 19.1. The third kappa shape index (κ3) is 4.30. The molecule has 1 aromatic heterocycles. The highest BCUT2D eigenvalue weighted by Crippen LogP contribution is 1.99. The Morgan fingerprint density at radius 3 is 3.07 bits per heavy atom. The minimum Gasteiger partial charge on any atom is -0.380 e. The molecule has 0 saturated carbocycles. The molecule has 0 aliphatic rings. The van der Waals surface area contributed by atoms with Gasteiger partial charge in [-0.3, -0.25) is 4.98 Å². The molecule has 0 spiro atoms. The van der Waals surface area contributed by atoms with Crippen molar-refractivity contribution in [2.45, 2.75) is 13.5 Å². The fraction of sp³-hybridized carbons (Fsp3) is 0.500. The lowest BCUT2D eigenvalue weighted by Gasteiger charge is -2.04. The molecule has 0 aliphatic carbocycles. The Morgan fingerprint density at radius 2 is 2.36 bits per heavy atom. The van der Waals surface area contributed by atoms with Gasteiger partial charge in [0, 0.05) is 25.9 Å². The maximum absolute atomic E-state index is 12.7. The number of rotatable bonds is 6. The van der Waals surface area contributed by atoms with Crippen molar-refractivity contribution in [3.05, 3.63) is 29.8 Å². The SMILES string of the molecule is CCOCCNCc1cncc(F)c1. The van der Waals surface area contributed by atoms with Crippen molar-refractivity contribution in [3.8, 4) is 0 Å². The van der Waals surface area contributed by atoms with Crippen LogP contribution in [0.5, 0.6) is 0 Å². The minimum absolute atomic E-state index is 0.297. The van der Waals surface area contributed by atoms with Gasteiger partial charge in [0.05, 0.1) is 12.8 Å². The van der Waals surface area contributed by atoms with E-state index in [1.54, 1.807) is 6.20 Å². The molecule has 0 fully saturated rings. The topological polar surface area (TPSA) is 34.1 Å². The molecule has 3 nitrogen and oxygen atoms in total. The fourth-order valence-electron chi connectivity index (χ4n) is 1.07. The van der Waals surface area contributed by atoms with E-state index in [1.807, 2.05) is 6.92 Å². The number of nitrogens with one attached hydrogen (secondary N) is 1. The summed E-state index contributed by atoms with van der Waals surface area (Å²) in [5.41, 5.74) is 0.849. The summed E-state index contributed by atoms with van der Waals surface area (Å²) in [4.78, 5) is 3.75. The molecule has 0 amide bonds. The number of hydrogen-bond donors (Lipinski definition) is 1. The van der Waals surface area contributed by atoms with Gasteiger partial charge in [-0.05, 0) is 18.6 Å². The van der Waals surface area contributed by atoms with Crippen LogP contribution in [0.25, 0.3) is 0 Å². The van der Waals surface area contributed by atoms with Crippen molar-refractivity contribution < 1.29 is 9.13 Å². The van der Waals surface area contributed by atoms with Crippen LogP contribution in [0, 0.1) is 5.82 Å². The van der Waals surface area contributed by atoms with Crippen LogP contribution in [-0.4, -0.2) is 24.7 Å². The lowest BCUT2D eigenvalue weighted by molar-refractivity contribution is 0.149. The molecule has 0 bridgehead atoms. The summed E-state index contributed by atoms with van der Waals surface area (Å²) in [5, 5.41) is 3.13. The summed E-state index contributed by atoms with van der Waals surface area (Å²) in [6.45, 7) is 4.75. The van der Waals surface area contributed by atoms with Crippen molar-refractivity contribution >= 4 is 0 Å². The Kier molecular flexibility index (Phi) is 5.11. The standard InChI is InChI=1S/C10H15FN2O/c1-2-14-4-3-12-6-9-5-10(11)8-13-7-9/h5,7-8,12H,2-4,6H2,1H3. The summed E-state index contributed by atoms with van der Waals surface area (Å²) >= 11 is 0. The molecule has 1 N–H and O–H groups in total. The molecule has 0 radical (unpaired) electrons. The van der Waals surface area contributed by atoms with Crippen LogP contribution in [0.15, 0.2) is 18.5 Å². The van der Waals surface area contributed by atoms with E-state index in [0.29, 0.717) is 13.2 Å². The highest BCUT2D eigenvalue weighted by molar-refractivity contribution is 5.09. The van der Waals surface area contributed by atoms with Crippen LogP contribution in [0.4, 0.5) is 4.39 Å². The summed E-state index contributed by atoms with van der Waals surface area (Å²) in [5.74, 6) is -0.297. The van der Waals surface area contributed by atoms with E-state index in [4.69, 9.17) is 4.74 Å². The Balaban J connectivity index is 2.18. The van der Waals surface area contributed by atoms with Crippen LogP contribution in [-0.2, 0) is 11.3 Å². The van der Waals surface area contributed by atoms with E-state index in [1.165, 1.54) is 12.3 Å². The second kappa shape index (κ2) is 6.45. The van der Waals surface area contributed by atoms with Crippen molar-refractivity contribution in [2.24, 2.45) is 0 Å². The third-order valence-electron chi connectivity index (χ3n) is 1.72. The van der Waals surface area contributed by atoms with Crippen molar-refractivity contribution in [1.82, 2.24) is 10.3 Å². The van der Waals surface area contributed by atoms with Crippen LogP contribution in [0.1, 0.15) is 12.5 Å². The van der Waals surface area contributed by atoms with Gasteiger partial charge in [-0.2, -0.15) is 0 Å². The number of hydrogen-bond acceptors (Lipinski definition) is 3. The van der Waals surface area contributed by atoms with Crippen LogP contribution < -0.4 is 5.32 Å². The molecule has 1 aromatic rings. The quantitative estimate of drug-likeness (QED) is 0.700. The molecule has 1 rings (SSSR count). The van der Waals surface area contributed by atoms with Crippen molar-refractivity contribution in [2.75, 3.05) is 19.8 Å². The molecular weight excluding hydrogens is 183 g/mol. The first-order valence-electron chi connectivity index (χ1n) is 4.71. The van der Waals surface area contributed by atoms with E-state index in [2.05, 4.69) is 10.3 Å². The molecular formula is C10H15FN2O. The first-order valence-corrected chi connectivity index (χ1v) is 4.71. The minimum atomic E-state index is -0.297. The molecule has 0 aromatic carbocycles. The summed E-state index contributed by atoms with van der Waals surface area (Å²) in [6.07, 6.45) is 2.85. The maximum Gasteiger partial charge on any atom is 0.141 e. The monoisotopic (exact) mass is 198 g/mol. The predicted molar refractivity (Wildman–Crippen MR) is 52.4 cm³/mol. The van der Waals surface area contributed by atoms with E-state index >= 15 is 0 Å². The van der Waals surface area contributed by atoms with Gasteiger partial charge >= 0.3 is 0 Å².